The molecule has 0 unspecified atom stereocenters. The molecule has 2 amide bonds. The van der Waals surface area contributed by atoms with Crippen molar-refractivity contribution < 1.29 is 13.7 Å². The first-order valence-electron chi connectivity index (χ1n) is 9.59. The van der Waals surface area contributed by atoms with E-state index in [-0.39, 0.29) is 11.0 Å². The molecule has 0 spiro atoms. The van der Waals surface area contributed by atoms with E-state index in [2.05, 4.69) is 27.8 Å². The molecule has 0 fully saturated rings. The smallest absolute Gasteiger partial charge is 0.354 e. The Kier molecular flexibility index (Phi) is 3.82. The minimum absolute atomic E-state index is 0.0845. The topological polar surface area (TPSA) is 112 Å². The van der Waals surface area contributed by atoms with Gasteiger partial charge in [0.1, 0.15) is 11.0 Å². The number of carbonyl (C=O) groups excluding carboxylic acids is 1. The van der Waals surface area contributed by atoms with Gasteiger partial charge in [-0.05, 0) is 60.8 Å². The zero-order valence-electron chi connectivity index (χ0n) is 15.9. The second kappa shape index (κ2) is 6.05. The molecule has 3 atom stereocenters. The molecule has 2 aliphatic carbocycles. The van der Waals surface area contributed by atoms with Crippen LogP contribution in [0.3, 0.4) is 0 Å². The van der Waals surface area contributed by atoms with E-state index in [0.29, 0.717) is 18.3 Å². The van der Waals surface area contributed by atoms with Crippen LogP contribution in [0.4, 0.5) is 10.5 Å². The van der Waals surface area contributed by atoms with Gasteiger partial charge in [0.15, 0.2) is 9.92 Å². The van der Waals surface area contributed by atoms with Crippen molar-refractivity contribution in [3.8, 4) is 5.88 Å². The number of nitrogens with one attached hydrogen (secondary N) is 1. The average Bonchev–Trinajstić information content (AvgIpc) is 3.27. The standard InChI is InChI=1S/C19H23N5O3S/c1-10-6-13-7-12-4-3-5-14(12)17(16(10)13)22-19(25)23-28(20,26)15-8-21-24-9-11(2)27-18(15)24/h7-8,10-11H,3-6,9H2,1-2H3,(H3,20,22,23,25,26)/t10-,11+,28-/m0/s1. The number of fused-ring (bicyclic) bond motifs is 3. The fourth-order valence-corrected chi connectivity index (χ4v) is 5.57. The van der Waals surface area contributed by atoms with Crippen LogP contribution in [0.2, 0.25) is 0 Å². The van der Waals surface area contributed by atoms with Gasteiger partial charge in [0, 0.05) is 5.69 Å². The normalized spacial score (nSPS) is 23.7. The number of aromatic nitrogens is 2. The van der Waals surface area contributed by atoms with E-state index in [1.807, 2.05) is 6.92 Å². The average molecular weight is 401 g/mol. The molecule has 9 heteroatoms. The number of nitrogens with zero attached hydrogens (tertiary/aromatic N) is 3. The monoisotopic (exact) mass is 401 g/mol. The Hall–Kier alpha value is -2.39. The van der Waals surface area contributed by atoms with Gasteiger partial charge in [-0.15, -0.1) is 4.36 Å². The number of amides is 2. The van der Waals surface area contributed by atoms with Crippen molar-refractivity contribution in [2.24, 2.45) is 9.50 Å². The highest BCUT2D eigenvalue weighted by Crippen LogP contribution is 2.45. The Labute approximate surface area is 163 Å². The molecule has 1 aromatic heterocycles. The highest BCUT2D eigenvalue weighted by molar-refractivity contribution is 7.91. The summed E-state index contributed by atoms with van der Waals surface area (Å²) >= 11 is 0. The van der Waals surface area contributed by atoms with E-state index in [0.717, 1.165) is 31.4 Å². The minimum atomic E-state index is -3.46. The van der Waals surface area contributed by atoms with Gasteiger partial charge < -0.3 is 10.1 Å². The summed E-state index contributed by atoms with van der Waals surface area (Å²) in [6.45, 7) is 4.59. The van der Waals surface area contributed by atoms with Crippen LogP contribution in [0.15, 0.2) is 21.5 Å². The van der Waals surface area contributed by atoms with Crippen LogP contribution < -0.4 is 15.2 Å². The van der Waals surface area contributed by atoms with Crippen molar-refractivity contribution >= 4 is 21.6 Å². The summed E-state index contributed by atoms with van der Waals surface area (Å²) in [4.78, 5) is 12.8. The zero-order chi connectivity index (χ0) is 19.6. The summed E-state index contributed by atoms with van der Waals surface area (Å²) in [5, 5.41) is 13.0. The molecule has 0 saturated carbocycles. The van der Waals surface area contributed by atoms with Crippen molar-refractivity contribution in [1.29, 1.82) is 0 Å². The summed E-state index contributed by atoms with van der Waals surface area (Å²) in [5.41, 5.74) is 5.79. The van der Waals surface area contributed by atoms with E-state index in [9.17, 15) is 9.00 Å². The van der Waals surface area contributed by atoms with Gasteiger partial charge in [-0.2, -0.15) is 5.10 Å². The minimum Gasteiger partial charge on any atom is -0.472 e. The molecule has 3 N–H and O–H groups in total. The SMILES string of the molecule is C[C@@H]1Cn2ncc([S@@](N)(=O)=NC(=O)Nc3c4c(cc5c3[C@@H](C)C5)CCC4)c2O1. The number of hydrogen-bond donors (Lipinski definition) is 2. The van der Waals surface area contributed by atoms with Crippen molar-refractivity contribution in [3.63, 3.8) is 0 Å². The lowest BCUT2D eigenvalue weighted by molar-refractivity contribution is 0.248. The third-order valence-corrected chi connectivity index (χ3v) is 7.16. The number of benzene rings is 1. The molecule has 0 bridgehead atoms. The Bertz CT molecular complexity index is 1130. The van der Waals surface area contributed by atoms with Crippen LogP contribution in [-0.4, -0.2) is 26.1 Å². The van der Waals surface area contributed by atoms with Gasteiger partial charge in [-0.3, -0.25) is 0 Å². The van der Waals surface area contributed by atoms with Crippen LogP contribution in [-0.2, 0) is 35.7 Å². The van der Waals surface area contributed by atoms with Crippen LogP contribution in [0.25, 0.3) is 0 Å². The van der Waals surface area contributed by atoms with Crippen LogP contribution in [0.5, 0.6) is 5.88 Å². The summed E-state index contributed by atoms with van der Waals surface area (Å²) in [7, 11) is -3.46. The predicted molar refractivity (Wildman–Crippen MR) is 105 cm³/mol. The number of carbonyl (C=O) groups is 1. The fraction of sp³-hybridized carbons (Fsp3) is 0.474. The number of nitrogens with two attached hydrogens (primary N) is 1. The number of rotatable bonds is 2. The molecular formula is C19H23N5O3S. The molecule has 1 aromatic carbocycles. The quantitative estimate of drug-likeness (QED) is 0.806. The number of anilines is 1. The predicted octanol–water partition coefficient (Wildman–Crippen LogP) is 2.75. The van der Waals surface area contributed by atoms with Crippen molar-refractivity contribution in [2.75, 3.05) is 5.32 Å². The number of ether oxygens (including phenoxy) is 1. The summed E-state index contributed by atoms with van der Waals surface area (Å²) in [6, 6.07) is 1.57. The lowest BCUT2D eigenvalue weighted by atomic mass is 9.75. The first kappa shape index (κ1) is 17.7. The first-order chi connectivity index (χ1) is 13.3. The van der Waals surface area contributed by atoms with Crippen LogP contribution >= 0.6 is 0 Å². The maximum Gasteiger partial charge on any atom is 0.354 e. The molecule has 2 aromatic rings. The molecule has 8 nitrogen and oxygen atoms in total. The number of urea groups is 1. The second-order valence-electron chi connectivity index (χ2n) is 7.94. The Morgan fingerprint density at radius 3 is 3.00 bits per heavy atom. The molecule has 148 valence electrons. The van der Waals surface area contributed by atoms with Gasteiger partial charge in [-0.25, -0.2) is 18.8 Å². The summed E-state index contributed by atoms with van der Waals surface area (Å²) < 4.78 is 24.0. The maximum absolute atomic E-state index is 13.0. The lowest BCUT2D eigenvalue weighted by Crippen LogP contribution is -2.23. The maximum atomic E-state index is 13.0. The van der Waals surface area contributed by atoms with Gasteiger partial charge in [0.05, 0.1) is 12.7 Å². The number of aryl methyl sites for hydroxylation is 1. The van der Waals surface area contributed by atoms with Gasteiger partial charge in [0.25, 0.3) is 0 Å². The summed E-state index contributed by atoms with van der Waals surface area (Å²) in [6.07, 6.45) is 5.36. The fourth-order valence-electron chi connectivity index (χ4n) is 4.58. The number of hydrogen-bond acceptors (Lipinski definition) is 4. The highest BCUT2D eigenvalue weighted by atomic mass is 32.2. The molecule has 3 aliphatic rings. The summed E-state index contributed by atoms with van der Waals surface area (Å²) in [5.74, 6) is 0.724. The molecular weight excluding hydrogens is 378 g/mol. The van der Waals surface area contributed by atoms with Crippen molar-refractivity contribution in [1.82, 2.24) is 9.78 Å². The van der Waals surface area contributed by atoms with Gasteiger partial charge >= 0.3 is 6.03 Å². The zero-order valence-corrected chi connectivity index (χ0v) is 16.7. The second-order valence-corrected chi connectivity index (χ2v) is 9.70. The Morgan fingerprint density at radius 2 is 2.21 bits per heavy atom. The van der Waals surface area contributed by atoms with Crippen LogP contribution in [0, 0.1) is 0 Å². The molecule has 1 aliphatic heterocycles. The van der Waals surface area contributed by atoms with E-state index in [4.69, 9.17) is 9.88 Å². The van der Waals surface area contributed by atoms with E-state index in [1.165, 1.54) is 28.5 Å². The third kappa shape index (κ3) is 2.64. The van der Waals surface area contributed by atoms with E-state index >= 15 is 0 Å². The lowest BCUT2D eigenvalue weighted by Gasteiger charge is -2.31. The largest absolute Gasteiger partial charge is 0.472 e. The van der Waals surface area contributed by atoms with E-state index < -0.39 is 15.9 Å². The molecule has 0 radical (unpaired) electrons. The van der Waals surface area contributed by atoms with E-state index in [1.54, 1.807) is 4.68 Å². The van der Waals surface area contributed by atoms with Gasteiger partial charge in [-0.1, -0.05) is 13.0 Å². The third-order valence-electron chi connectivity index (χ3n) is 5.81. The molecule has 5 rings (SSSR count). The highest BCUT2D eigenvalue weighted by Gasteiger charge is 2.32. The first-order valence-corrected chi connectivity index (χ1v) is 11.2. The van der Waals surface area contributed by atoms with Gasteiger partial charge in [0.2, 0.25) is 5.88 Å². The Morgan fingerprint density at radius 1 is 1.39 bits per heavy atom. The van der Waals surface area contributed by atoms with Crippen molar-refractivity contribution in [3.05, 3.63) is 34.5 Å². The van der Waals surface area contributed by atoms with Crippen LogP contribution in [0.1, 0.15) is 48.4 Å². The Balaban J connectivity index is 1.49. The molecule has 2 heterocycles. The molecule has 0 saturated heterocycles. The molecule has 28 heavy (non-hydrogen) atoms. The van der Waals surface area contributed by atoms with Crippen molar-refractivity contribution in [2.45, 2.75) is 63.0 Å².